The van der Waals surface area contributed by atoms with Gasteiger partial charge in [0.2, 0.25) is 6.79 Å². The normalized spacial score (nSPS) is 29.6. The third-order valence-corrected chi connectivity index (χ3v) is 8.63. The molecule has 0 amide bonds. The van der Waals surface area contributed by atoms with Crippen LogP contribution in [0.3, 0.4) is 0 Å². The Morgan fingerprint density at radius 2 is 1.89 bits per heavy atom. The Bertz CT molecular complexity index is 863. The van der Waals surface area contributed by atoms with Gasteiger partial charge in [0.15, 0.2) is 11.5 Å². The van der Waals surface area contributed by atoms with Gasteiger partial charge in [0, 0.05) is 45.8 Å². The summed E-state index contributed by atoms with van der Waals surface area (Å²) in [6, 6.07) is 4.57. The van der Waals surface area contributed by atoms with Crippen molar-refractivity contribution in [1.82, 2.24) is 13.5 Å². The predicted octanol–water partition coefficient (Wildman–Crippen LogP) is 2.03. The van der Waals surface area contributed by atoms with Crippen LogP contribution in [0.5, 0.6) is 11.5 Å². The molecule has 0 spiro atoms. The van der Waals surface area contributed by atoms with Crippen molar-refractivity contribution in [3.63, 3.8) is 0 Å². The molecule has 0 unspecified atom stereocenters. The monoisotopic (exact) mass is 429 g/mol. The van der Waals surface area contributed by atoms with E-state index in [2.05, 4.69) is 17.0 Å². The second-order valence-corrected chi connectivity index (χ2v) is 10.4. The highest BCUT2D eigenvalue weighted by Gasteiger charge is 2.46. The minimum Gasteiger partial charge on any atom is -0.454 e. The molecule has 0 radical (unpaired) electrons. The van der Waals surface area contributed by atoms with E-state index in [4.69, 9.17) is 9.47 Å². The minimum atomic E-state index is -3.39. The molecule has 0 saturated carbocycles. The lowest BCUT2D eigenvalue weighted by atomic mass is 9.77. The third-order valence-electron chi connectivity index (χ3n) is 6.66. The standard InChI is InChI=1S/C19H27N3O4S.ClH/c1-20(2)27(23,24)22-6-3-4-14-11-21-7-5-13-8-18-19(26-12-25-18)9-15(13)17(21)10-16(14)22;/h8-9,14,16-17H,3-7,10-12H2,1-2H3;1H/t14-,16+,17-;/m1./s1. The Morgan fingerprint density at radius 3 is 2.64 bits per heavy atom. The highest BCUT2D eigenvalue weighted by atomic mass is 35.5. The number of fused-ring (bicyclic) bond motifs is 5. The molecular formula is C19H28ClN3O4S. The van der Waals surface area contributed by atoms with Gasteiger partial charge in [-0.15, -0.1) is 12.4 Å². The van der Waals surface area contributed by atoms with Crippen LogP contribution < -0.4 is 9.47 Å². The lowest BCUT2D eigenvalue weighted by Gasteiger charge is -2.52. The van der Waals surface area contributed by atoms with Gasteiger partial charge in [-0.2, -0.15) is 17.0 Å². The zero-order chi connectivity index (χ0) is 18.8. The first-order valence-corrected chi connectivity index (χ1v) is 11.2. The summed E-state index contributed by atoms with van der Waals surface area (Å²) in [6.07, 6.45) is 3.92. The summed E-state index contributed by atoms with van der Waals surface area (Å²) in [5.74, 6) is 2.07. The minimum absolute atomic E-state index is 0. The first kappa shape index (κ1) is 20.2. The van der Waals surface area contributed by atoms with E-state index in [0.29, 0.717) is 12.5 Å². The lowest BCUT2D eigenvalue weighted by molar-refractivity contribution is 0.0203. The quantitative estimate of drug-likeness (QED) is 0.719. The molecule has 1 aromatic carbocycles. The molecule has 5 rings (SSSR count). The lowest BCUT2D eigenvalue weighted by Crippen LogP contribution is -2.59. The summed E-state index contributed by atoms with van der Waals surface area (Å²) >= 11 is 0. The molecule has 4 aliphatic rings. The van der Waals surface area contributed by atoms with Gasteiger partial charge in [0.25, 0.3) is 10.2 Å². The van der Waals surface area contributed by atoms with Gasteiger partial charge in [-0.1, -0.05) is 0 Å². The van der Waals surface area contributed by atoms with Gasteiger partial charge in [0.1, 0.15) is 0 Å². The summed E-state index contributed by atoms with van der Waals surface area (Å²) in [4.78, 5) is 2.55. The first-order chi connectivity index (χ1) is 12.9. The molecule has 156 valence electrons. The smallest absolute Gasteiger partial charge is 0.281 e. The number of ether oxygens (including phenoxy) is 2. The van der Waals surface area contributed by atoms with E-state index in [1.54, 1.807) is 18.4 Å². The summed E-state index contributed by atoms with van der Waals surface area (Å²) in [5, 5.41) is 0. The van der Waals surface area contributed by atoms with E-state index in [0.717, 1.165) is 50.3 Å². The molecule has 7 nitrogen and oxygen atoms in total. The number of rotatable bonds is 2. The molecule has 4 heterocycles. The highest BCUT2D eigenvalue weighted by Crippen LogP contribution is 2.46. The van der Waals surface area contributed by atoms with Crippen LogP contribution in [0.15, 0.2) is 12.1 Å². The van der Waals surface area contributed by atoms with Crippen molar-refractivity contribution in [1.29, 1.82) is 0 Å². The average molecular weight is 430 g/mol. The van der Waals surface area contributed by atoms with E-state index in [9.17, 15) is 8.42 Å². The summed E-state index contributed by atoms with van der Waals surface area (Å²) in [6.45, 7) is 2.91. The van der Waals surface area contributed by atoms with Crippen LogP contribution >= 0.6 is 12.4 Å². The molecule has 4 aliphatic heterocycles. The Hall–Kier alpha value is -1.06. The first-order valence-electron chi connectivity index (χ1n) is 9.81. The maximum absolute atomic E-state index is 12.9. The number of hydrogen-bond donors (Lipinski definition) is 0. The predicted molar refractivity (Wildman–Crippen MR) is 108 cm³/mol. The average Bonchev–Trinajstić information content (AvgIpc) is 3.11. The second kappa shape index (κ2) is 7.32. The zero-order valence-electron chi connectivity index (χ0n) is 16.3. The van der Waals surface area contributed by atoms with E-state index < -0.39 is 10.2 Å². The van der Waals surface area contributed by atoms with E-state index in [-0.39, 0.29) is 31.3 Å². The fourth-order valence-electron chi connectivity index (χ4n) is 5.29. The van der Waals surface area contributed by atoms with Crippen LogP contribution in [0.2, 0.25) is 0 Å². The topological polar surface area (TPSA) is 62.3 Å². The largest absolute Gasteiger partial charge is 0.454 e. The van der Waals surface area contributed by atoms with Gasteiger partial charge in [-0.25, -0.2) is 0 Å². The fraction of sp³-hybridized carbons (Fsp3) is 0.684. The molecular weight excluding hydrogens is 402 g/mol. The Balaban J connectivity index is 0.00000192. The maximum Gasteiger partial charge on any atom is 0.281 e. The zero-order valence-corrected chi connectivity index (χ0v) is 18.0. The van der Waals surface area contributed by atoms with Crippen molar-refractivity contribution in [2.75, 3.05) is 40.5 Å². The number of benzene rings is 1. The second-order valence-electron chi connectivity index (χ2n) is 8.27. The molecule has 0 aliphatic carbocycles. The molecule has 2 saturated heterocycles. The molecule has 1 aromatic rings. The van der Waals surface area contributed by atoms with E-state index >= 15 is 0 Å². The van der Waals surface area contributed by atoms with Crippen molar-refractivity contribution in [3.05, 3.63) is 23.3 Å². The Kier molecular flexibility index (Phi) is 5.29. The van der Waals surface area contributed by atoms with Crippen molar-refractivity contribution in [2.24, 2.45) is 5.92 Å². The van der Waals surface area contributed by atoms with Crippen LogP contribution in [-0.4, -0.2) is 68.5 Å². The summed E-state index contributed by atoms with van der Waals surface area (Å²) in [7, 11) is -0.132. The van der Waals surface area contributed by atoms with Crippen LogP contribution in [0.4, 0.5) is 0 Å². The molecule has 2 fully saturated rings. The van der Waals surface area contributed by atoms with E-state index in [1.807, 2.05) is 0 Å². The van der Waals surface area contributed by atoms with Gasteiger partial charge >= 0.3 is 0 Å². The fourth-order valence-corrected chi connectivity index (χ4v) is 6.67. The molecule has 9 heteroatoms. The number of hydrogen-bond acceptors (Lipinski definition) is 5. The van der Waals surface area contributed by atoms with Crippen molar-refractivity contribution >= 4 is 22.6 Å². The van der Waals surface area contributed by atoms with Crippen LogP contribution in [0, 0.1) is 5.92 Å². The SMILES string of the molecule is CN(C)S(=O)(=O)N1CCC[C@@H]2CN3CCc4cc5c(cc4[C@H]3C[C@@H]21)OCO5.Cl. The molecule has 3 atom stereocenters. The summed E-state index contributed by atoms with van der Waals surface area (Å²) < 4.78 is 40.1. The van der Waals surface area contributed by atoms with Crippen LogP contribution in [0.25, 0.3) is 0 Å². The number of piperidine rings is 2. The van der Waals surface area contributed by atoms with Gasteiger partial charge in [0.05, 0.1) is 0 Å². The van der Waals surface area contributed by atoms with E-state index in [1.165, 1.54) is 15.4 Å². The van der Waals surface area contributed by atoms with Crippen LogP contribution in [0.1, 0.15) is 36.4 Å². The Morgan fingerprint density at radius 1 is 1.14 bits per heavy atom. The number of nitrogens with zero attached hydrogens (tertiary/aromatic N) is 3. The molecule has 28 heavy (non-hydrogen) atoms. The van der Waals surface area contributed by atoms with Crippen molar-refractivity contribution < 1.29 is 17.9 Å². The van der Waals surface area contributed by atoms with Gasteiger partial charge in [-0.05, 0) is 54.9 Å². The van der Waals surface area contributed by atoms with Crippen molar-refractivity contribution in [3.8, 4) is 11.5 Å². The third kappa shape index (κ3) is 3.10. The van der Waals surface area contributed by atoms with Crippen molar-refractivity contribution in [2.45, 2.75) is 37.8 Å². The van der Waals surface area contributed by atoms with Gasteiger partial charge in [-0.3, -0.25) is 4.90 Å². The highest BCUT2D eigenvalue weighted by molar-refractivity contribution is 7.86. The Labute approximate surface area is 173 Å². The van der Waals surface area contributed by atoms with Crippen LogP contribution in [-0.2, 0) is 16.6 Å². The van der Waals surface area contributed by atoms with Gasteiger partial charge < -0.3 is 9.47 Å². The number of halogens is 1. The molecule has 0 bridgehead atoms. The molecule has 0 N–H and O–H groups in total. The molecule has 0 aromatic heterocycles. The summed E-state index contributed by atoms with van der Waals surface area (Å²) in [5.41, 5.74) is 2.61. The maximum atomic E-state index is 12.9.